The van der Waals surface area contributed by atoms with E-state index in [0.717, 1.165) is 24.2 Å². The molecule has 0 radical (unpaired) electrons. The summed E-state index contributed by atoms with van der Waals surface area (Å²) in [4.78, 5) is 27.0. The molecule has 0 heterocycles. The molecule has 0 saturated heterocycles. The molecule has 1 aliphatic rings. The van der Waals surface area contributed by atoms with Gasteiger partial charge in [-0.1, -0.05) is 38.8 Å². The lowest BCUT2D eigenvalue weighted by atomic mass is 10.1. The SMILES string of the molecule is CCC(=O)N(Cc1ccc(OC)cc1)C(CC)C(=O)NC1CCCC1. The molecule has 5 nitrogen and oxygen atoms in total. The van der Waals surface area contributed by atoms with Gasteiger partial charge in [-0.15, -0.1) is 0 Å². The van der Waals surface area contributed by atoms with Crippen molar-refractivity contribution >= 4 is 11.8 Å². The fourth-order valence-electron chi connectivity index (χ4n) is 3.42. The zero-order chi connectivity index (χ0) is 18.2. The molecule has 2 rings (SSSR count). The third-order valence-electron chi connectivity index (χ3n) is 4.90. The Labute approximate surface area is 150 Å². The molecule has 1 aromatic carbocycles. The standard InChI is InChI=1S/C20H30N2O3/c1-4-18(20(24)21-16-8-6-7-9-16)22(19(23)5-2)14-15-10-12-17(25-3)13-11-15/h10-13,16,18H,4-9,14H2,1-3H3,(H,21,24). The number of hydrogen-bond acceptors (Lipinski definition) is 3. The molecule has 1 N–H and O–H groups in total. The molecule has 0 bridgehead atoms. The van der Waals surface area contributed by atoms with E-state index in [4.69, 9.17) is 4.74 Å². The molecule has 5 heteroatoms. The molecule has 1 aliphatic carbocycles. The van der Waals surface area contributed by atoms with Crippen LogP contribution in [0, 0.1) is 0 Å². The third kappa shape index (κ3) is 5.21. The Hall–Kier alpha value is -2.04. The Morgan fingerprint density at radius 1 is 1.20 bits per heavy atom. The Balaban J connectivity index is 2.11. The van der Waals surface area contributed by atoms with Crippen LogP contribution in [0.4, 0.5) is 0 Å². The maximum absolute atomic E-state index is 12.8. The van der Waals surface area contributed by atoms with Crippen LogP contribution < -0.4 is 10.1 Å². The normalized spacial score (nSPS) is 15.6. The fraction of sp³-hybridized carbons (Fsp3) is 0.600. The summed E-state index contributed by atoms with van der Waals surface area (Å²) in [6.45, 7) is 4.24. The number of nitrogens with zero attached hydrogens (tertiary/aromatic N) is 1. The molecule has 1 saturated carbocycles. The lowest BCUT2D eigenvalue weighted by Crippen LogP contribution is -2.50. The van der Waals surface area contributed by atoms with Crippen molar-refractivity contribution in [1.29, 1.82) is 0 Å². The quantitative estimate of drug-likeness (QED) is 0.786. The minimum atomic E-state index is -0.421. The van der Waals surface area contributed by atoms with Crippen LogP contribution in [0.2, 0.25) is 0 Å². The van der Waals surface area contributed by atoms with Gasteiger partial charge >= 0.3 is 0 Å². The highest BCUT2D eigenvalue weighted by atomic mass is 16.5. The third-order valence-corrected chi connectivity index (χ3v) is 4.90. The molecule has 1 fully saturated rings. The van der Waals surface area contributed by atoms with E-state index < -0.39 is 6.04 Å². The monoisotopic (exact) mass is 346 g/mol. The van der Waals surface area contributed by atoms with E-state index in [9.17, 15) is 9.59 Å². The first kappa shape index (κ1) is 19.3. The minimum absolute atomic E-state index is 0.00393. The first-order chi connectivity index (χ1) is 12.1. The van der Waals surface area contributed by atoms with Gasteiger partial charge in [-0.25, -0.2) is 0 Å². The van der Waals surface area contributed by atoms with E-state index in [1.807, 2.05) is 38.1 Å². The highest BCUT2D eigenvalue weighted by Crippen LogP contribution is 2.20. The molecule has 1 atom stereocenters. The van der Waals surface area contributed by atoms with E-state index in [2.05, 4.69) is 5.32 Å². The molecule has 138 valence electrons. The second kappa shape index (κ2) is 9.44. The summed E-state index contributed by atoms with van der Waals surface area (Å²) in [6.07, 6.45) is 5.44. The van der Waals surface area contributed by atoms with Crippen LogP contribution in [0.5, 0.6) is 5.75 Å². The van der Waals surface area contributed by atoms with Gasteiger partial charge in [-0.2, -0.15) is 0 Å². The average Bonchev–Trinajstić information content (AvgIpc) is 3.14. The largest absolute Gasteiger partial charge is 0.497 e. The number of carbonyl (C=O) groups excluding carboxylic acids is 2. The summed E-state index contributed by atoms with van der Waals surface area (Å²) in [6, 6.07) is 7.48. The first-order valence-electron chi connectivity index (χ1n) is 9.31. The van der Waals surface area contributed by atoms with Crippen LogP contribution in [-0.2, 0) is 16.1 Å². The van der Waals surface area contributed by atoms with Crippen molar-refractivity contribution < 1.29 is 14.3 Å². The molecule has 1 unspecified atom stereocenters. The van der Waals surface area contributed by atoms with Crippen LogP contribution in [-0.4, -0.2) is 35.9 Å². The summed E-state index contributed by atoms with van der Waals surface area (Å²) >= 11 is 0. The molecule has 2 amide bonds. The number of rotatable bonds is 8. The van der Waals surface area contributed by atoms with Crippen LogP contribution in [0.1, 0.15) is 57.9 Å². The van der Waals surface area contributed by atoms with E-state index in [1.165, 1.54) is 12.8 Å². The summed E-state index contributed by atoms with van der Waals surface area (Å²) in [5, 5.41) is 3.14. The van der Waals surface area contributed by atoms with Crippen LogP contribution in [0.25, 0.3) is 0 Å². The maximum atomic E-state index is 12.8. The number of methoxy groups -OCH3 is 1. The molecule has 1 aromatic rings. The number of ether oxygens (including phenoxy) is 1. The molecular formula is C20H30N2O3. The van der Waals surface area contributed by atoms with E-state index in [1.54, 1.807) is 12.0 Å². The van der Waals surface area contributed by atoms with Crippen molar-refractivity contribution in [1.82, 2.24) is 10.2 Å². The lowest BCUT2D eigenvalue weighted by Gasteiger charge is -2.31. The lowest BCUT2D eigenvalue weighted by molar-refractivity contribution is -0.141. The molecule has 0 aromatic heterocycles. The zero-order valence-electron chi connectivity index (χ0n) is 15.6. The topological polar surface area (TPSA) is 58.6 Å². The van der Waals surface area contributed by atoms with Crippen molar-refractivity contribution in [3.63, 3.8) is 0 Å². The summed E-state index contributed by atoms with van der Waals surface area (Å²) in [7, 11) is 1.63. The van der Waals surface area contributed by atoms with Gasteiger partial charge in [-0.05, 0) is 37.0 Å². The predicted octanol–water partition coefficient (Wildman–Crippen LogP) is 3.27. The van der Waals surface area contributed by atoms with Gasteiger partial charge in [0.15, 0.2) is 0 Å². The molecule has 0 aliphatic heterocycles. The highest BCUT2D eigenvalue weighted by Gasteiger charge is 2.29. The number of benzene rings is 1. The minimum Gasteiger partial charge on any atom is -0.497 e. The number of carbonyl (C=O) groups is 2. The maximum Gasteiger partial charge on any atom is 0.243 e. The van der Waals surface area contributed by atoms with E-state index in [-0.39, 0.29) is 17.9 Å². The van der Waals surface area contributed by atoms with Crippen LogP contribution in [0.15, 0.2) is 24.3 Å². The molecule has 0 spiro atoms. The van der Waals surface area contributed by atoms with Crippen molar-refractivity contribution in [2.24, 2.45) is 0 Å². The number of hydrogen-bond donors (Lipinski definition) is 1. The second-order valence-electron chi connectivity index (χ2n) is 6.64. The van der Waals surface area contributed by atoms with Crippen molar-refractivity contribution in [2.75, 3.05) is 7.11 Å². The van der Waals surface area contributed by atoms with Crippen LogP contribution >= 0.6 is 0 Å². The van der Waals surface area contributed by atoms with Crippen molar-refractivity contribution in [3.8, 4) is 5.75 Å². The van der Waals surface area contributed by atoms with Gasteiger partial charge in [0.05, 0.1) is 7.11 Å². The Morgan fingerprint density at radius 3 is 2.36 bits per heavy atom. The highest BCUT2D eigenvalue weighted by molar-refractivity contribution is 5.87. The van der Waals surface area contributed by atoms with Crippen molar-refractivity contribution in [2.45, 2.75) is 71.0 Å². The summed E-state index contributed by atoms with van der Waals surface area (Å²) < 4.78 is 5.18. The zero-order valence-corrected chi connectivity index (χ0v) is 15.6. The fourth-order valence-corrected chi connectivity index (χ4v) is 3.42. The van der Waals surface area contributed by atoms with Gasteiger partial charge in [0, 0.05) is 19.0 Å². The smallest absolute Gasteiger partial charge is 0.243 e. The first-order valence-corrected chi connectivity index (χ1v) is 9.31. The molecule has 25 heavy (non-hydrogen) atoms. The van der Waals surface area contributed by atoms with Gasteiger partial charge < -0.3 is 15.0 Å². The summed E-state index contributed by atoms with van der Waals surface area (Å²) in [5.41, 5.74) is 0.995. The second-order valence-corrected chi connectivity index (χ2v) is 6.64. The van der Waals surface area contributed by atoms with Gasteiger partial charge in [0.25, 0.3) is 0 Å². The number of nitrogens with one attached hydrogen (secondary N) is 1. The predicted molar refractivity (Wildman–Crippen MR) is 98.3 cm³/mol. The Kier molecular flexibility index (Phi) is 7.29. The number of amides is 2. The van der Waals surface area contributed by atoms with E-state index >= 15 is 0 Å². The average molecular weight is 346 g/mol. The Bertz CT molecular complexity index is 565. The van der Waals surface area contributed by atoms with Crippen molar-refractivity contribution in [3.05, 3.63) is 29.8 Å². The summed E-state index contributed by atoms with van der Waals surface area (Å²) in [5.74, 6) is 0.761. The van der Waals surface area contributed by atoms with Gasteiger partial charge in [-0.3, -0.25) is 9.59 Å². The van der Waals surface area contributed by atoms with E-state index in [0.29, 0.717) is 19.4 Å². The van der Waals surface area contributed by atoms with Crippen LogP contribution in [0.3, 0.4) is 0 Å². The molecular weight excluding hydrogens is 316 g/mol. The van der Waals surface area contributed by atoms with Gasteiger partial charge in [0.1, 0.15) is 11.8 Å². The van der Waals surface area contributed by atoms with Gasteiger partial charge in [0.2, 0.25) is 11.8 Å². The Morgan fingerprint density at radius 2 is 1.84 bits per heavy atom.